The molecular weight excluding hydrogens is 376 g/mol. The van der Waals surface area contributed by atoms with Crippen molar-refractivity contribution in [3.05, 3.63) is 5.53 Å². The highest BCUT2D eigenvalue weighted by Gasteiger charge is 2.10. The van der Waals surface area contributed by atoms with Gasteiger partial charge in [-0.1, -0.05) is 57.5 Å². The Hall–Kier alpha value is -1.33. The second kappa shape index (κ2) is 18.0. The minimum absolute atomic E-state index is 0.0269. The van der Waals surface area contributed by atoms with Crippen molar-refractivity contribution in [2.24, 2.45) is 17.8 Å². The first-order valence-electron chi connectivity index (χ1n) is 8.15. The summed E-state index contributed by atoms with van der Waals surface area (Å²) in [4.78, 5) is 33.9. The van der Waals surface area contributed by atoms with Gasteiger partial charge < -0.3 is 10.6 Å². The molecule has 0 spiro atoms. The summed E-state index contributed by atoms with van der Waals surface area (Å²) in [5, 5.41) is 8.68. The highest BCUT2D eigenvalue weighted by atomic mass is 79.9. The fourth-order valence-corrected chi connectivity index (χ4v) is 1.47. The van der Waals surface area contributed by atoms with Crippen molar-refractivity contribution in [2.45, 2.75) is 60.8 Å². The third-order valence-electron chi connectivity index (χ3n) is 3.61. The summed E-state index contributed by atoms with van der Waals surface area (Å²) in [6, 6.07) is 0. The molecule has 0 radical (unpaired) electrons. The zero-order chi connectivity index (χ0) is 19.7. The number of carbonyl (C=O) groups excluding carboxylic acids is 2. The highest BCUT2D eigenvalue weighted by molar-refractivity contribution is 9.09. The number of rotatable bonds is 8. The molecule has 3 atom stereocenters. The molecule has 24 heavy (non-hydrogen) atoms. The van der Waals surface area contributed by atoms with E-state index in [0.29, 0.717) is 11.1 Å². The van der Waals surface area contributed by atoms with E-state index in [9.17, 15) is 14.4 Å². The standard InChI is InChI=1S/C6H11BrO.C6H10N2O.C5H10O2/c1-3-5(2)6(8)4-7;1-3-5(2)6(9)4-8-7;1-3-4(2)5(6)7/h5H,3-4H2,1-2H3;4-5H,3H2,1-2H3;4H,3H2,1-2H3,(H,6,7)/t2*5-;4-/m000/s1. The number of carboxylic acids is 1. The molecule has 0 aliphatic carbocycles. The van der Waals surface area contributed by atoms with E-state index in [2.05, 4.69) is 20.7 Å². The van der Waals surface area contributed by atoms with Crippen LogP contribution in [-0.4, -0.2) is 39.0 Å². The van der Waals surface area contributed by atoms with E-state index >= 15 is 0 Å². The van der Waals surface area contributed by atoms with Crippen molar-refractivity contribution in [3.63, 3.8) is 0 Å². The molecule has 0 aromatic heterocycles. The number of alkyl halides is 1. The van der Waals surface area contributed by atoms with Crippen LogP contribution in [0.25, 0.3) is 5.53 Å². The van der Waals surface area contributed by atoms with Crippen LogP contribution in [0.3, 0.4) is 0 Å². The molecule has 0 aromatic rings. The van der Waals surface area contributed by atoms with E-state index < -0.39 is 5.97 Å². The number of halogens is 1. The number of aliphatic carboxylic acids is 1. The molecular formula is C17H31BrN2O4. The van der Waals surface area contributed by atoms with E-state index in [1.54, 1.807) is 13.8 Å². The number of carboxylic acid groups (broad SMARTS) is 1. The summed E-state index contributed by atoms with van der Waals surface area (Å²) in [7, 11) is 0. The summed E-state index contributed by atoms with van der Waals surface area (Å²) in [5.41, 5.74) is 7.93. The van der Waals surface area contributed by atoms with Gasteiger partial charge in [0, 0.05) is 11.8 Å². The molecule has 0 amide bonds. The Morgan fingerprint density at radius 2 is 1.42 bits per heavy atom. The fraction of sp³-hybridized carbons (Fsp3) is 0.765. The summed E-state index contributed by atoms with van der Waals surface area (Å²) in [5.74, 6) is -0.509. The van der Waals surface area contributed by atoms with Crippen molar-refractivity contribution in [3.8, 4) is 0 Å². The van der Waals surface area contributed by atoms with E-state index in [-0.39, 0.29) is 23.5 Å². The van der Waals surface area contributed by atoms with Gasteiger partial charge in [-0.25, -0.2) is 0 Å². The Morgan fingerprint density at radius 3 is 1.58 bits per heavy atom. The quantitative estimate of drug-likeness (QED) is 0.284. The molecule has 0 heterocycles. The molecule has 0 aromatic carbocycles. The number of Topliss-reactive ketones (excluding diaryl/α,β-unsaturated/α-hetero) is 2. The first kappa shape index (κ1) is 27.5. The lowest BCUT2D eigenvalue weighted by Gasteiger charge is -2.01. The fourth-order valence-electron chi connectivity index (χ4n) is 0.919. The maximum Gasteiger partial charge on any atom is 0.323 e. The predicted molar refractivity (Wildman–Crippen MR) is 99.5 cm³/mol. The number of nitrogens with zero attached hydrogens (tertiary/aromatic N) is 2. The van der Waals surface area contributed by atoms with Crippen LogP contribution >= 0.6 is 15.9 Å². The Bertz CT molecular complexity index is 421. The number of ketones is 2. The monoisotopic (exact) mass is 406 g/mol. The predicted octanol–water partition coefficient (Wildman–Crippen LogP) is 4.02. The third-order valence-corrected chi connectivity index (χ3v) is 4.16. The molecule has 7 heteroatoms. The molecule has 0 fully saturated rings. The Balaban J connectivity index is -0.000000278. The molecule has 0 saturated heterocycles. The van der Waals surface area contributed by atoms with Crippen LogP contribution in [0, 0.1) is 17.8 Å². The first-order valence-corrected chi connectivity index (χ1v) is 9.27. The van der Waals surface area contributed by atoms with Gasteiger partial charge in [-0.05, 0) is 19.3 Å². The molecule has 1 N–H and O–H groups in total. The first-order chi connectivity index (χ1) is 11.1. The third kappa shape index (κ3) is 17.0. The number of hydrogen-bond acceptors (Lipinski definition) is 3. The zero-order valence-electron chi connectivity index (χ0n) is 15.6. The van der Waals surface area contributed by atoms with Crippen LogP contribution in [-0.2, 0) is 14.4 Å². The minimum atomic E-state index is -0.706. The molecule has 6 nitrogen and oxygen atoms in total. The minimum Gasteiger partial charge on any atom is -0.481 e. The second-order valence-electron chi connectivity index (χ2n) is 5.51. The van der Waals surface area contributed by atoms with Gasteiger partial charge in [0.2, 0.25) is 5.78 Å². The summed E-state index contributed by atoms with van der Waals surface area (Å²) >= 11 is 3.11. The van der Waals surface area contributed by atoms with Gasteiger partial charge in [0.15, 0.2) is 0 Å². The van der Waals surface area contributed by atoms with Crippen LogP contribution in [0.15, 0.2) is 0 Å². The van der Waals surface area contributed by atoms with E-state index in [1.165, 1.54) is 0 Å². The molecule has 140 valence electrons. The molecule has 0 aliphatic heterocycles. The second-order valence-corrected chi connectivity index (χ2v) is 6.07. The summed E-state index contributed by atoms with van der Waals surface area (Å²) in [6.07, 6.45) is 3.39. The van der Waals surface area contributed by atoms with Crippen LogP contribution in [0.1, 0.15) is 60.8 Å². The van der Waals surface area contributed by atoms with Crippen molar-refractivity contribution in [1.29, 1.82) is 0 Å². The van der Waals surface area contributed by atoms with E-state index in [4.69, 9.17) is 10.6 Å². The lowest BCUT2D eigenvalue weighted by Crippen LogP contribution is -2.10. The smallest absolute Gasteiger partial charge is 0.323 e. The molecule has 0 rings (SSSR count). The molecule has 0 unspecified atom stereocenters. The largest absolute Gasteiger partial charge is 0.481 e. The molecule has 0 bridgehead atoms. The SMILES string of the molecule is CC[C@H](C)C(=O)C=[N+]=[N-].CC[C@H](C)C(=O)CBr.CC[C@H](C)C(=O)O. The van der Waals surface area contributed by atoms with Crippen molar-refractivity contribution in [1.82, 2.24) is 0 Å². The van der Waals surface area contributed by atoms with Gasteiger partial charge in [-0.15, -0.1) is 0 Å². The van der Waals surface area contributed by atoms with Crippen LogP contribution in [0.5, 0.6) is 0 Å². The van der Waals surface area contributed by atoms with Crippen molar-refractivity contribution in [2.75, 3.05) is 5.33 Å². The van der Waals surface area contributed by atoms with Crippen molar-refractivity contribution >= 4 is 39.7 Å². The Labute approximate surface area is 153 Å². The average molecular weight is 407 g/mol. The van der Waals surface area contributed by atoms with Crippen LogP contribution in [0.4, 0.5) is 0 Å². The maximum absolute atomic E-state index is 10.7. The molecule has 0 saturated carbocycles. The van der Waals surface area contributed by atoms with E-state index in [1.807, 2.05) is 27.7 Å². The van der Waals surface area contributed by atoms with E-state index in [0.717, 1.165) is 25.5 Å². The van der Waals surface area contributed by atoms with Gasteiger partial charge in [0.05, 0.1) is 11.2 Å². The highest BCUT2D eigenvalue weighted by Crippen LogP contribution is 2.03. The normalized spacial score (nSPS) is 12.8. The van der Waals surface area contributed by atoms with Gasteiger partial charge in [-0.3, -0.25) is 14.4 Å². The Morgan fingerprint density at radius 1 is 1.00 bits per heavy atom. The summed E-state index contributed by atoms with van der Waals surface area (Å²) in [6.45, 7) is 11.2. The lowest BCUT2D eigenvalue weighted by molar-refractivity contribution is -0.141. The molecule has 0 aliphatic rings. The van der Waals surface area contributed by atoms with Gasteiger partial charge in [0.25, 0.3) is 0 Å². The van der Waals surface area contributed by atoms with Crippen molar-refractivity contribution < 1.29 is 24.3 Å². The lowest BCUT2D eigenvalue weighted by atomic mass is 10.1. The number of hydrogen-bond donors (Lipinski definition) is 1. The number of carbonyl (C=O) groups is 3. The topological polar surface area (TPSA) is 108 Å². The zero-order valence-corrected chi connectivity index (χ0v) is 17.2. The Kier molecular flexibility index (Phi) is 20.7. The van der Waals surface area contributed by atoms with Crippen LogP contribution < -0.4 is 0 Å². The van der Waals surface area contributed by atoms with Gasteiger partial charge in [0.1, 0.15) is 5.78 Å². The van der Waals surface area contributed by atoms with Gasteiger partial charge >= 0.3 is 12.2 Å². The average Bonchev–Trinajstić information content (AvgIpc) is 2.59. The maximum atomic E-state index is 10.7. The summed E-state index contributed by atoms with van der Waals surface area (Å²) < 4.78 is 0. The van der Waals surface area contributed by atoms with Gasteiger partial charge in [-0.2, -0.15) is 4.79 Å². The van der Waals surface area contributed by atoms with Crippen LogP contribution in [0.2, 0.25) is 0 Å².